The minimum Gasteiger partial charge on any atom is -0.477 e. The predicted molar refractivity (Wildman–Crippen MR) is 50.2 cm³/mol. The minimum atomic E-state index is -1.01. The van der Waals surface area contributed by atoms with Crippen molar-refractivity contribution in [2.24, 2.45) is 0 Å². The molecule has 1 aromatic heterocycles. The van der Waals surface area contributed by atoms with Gasteiger partial charge < -0.3 is 5.11 Å². The first-order valence-corrected chi connectivity index (χ1v) is 4.35. The molecule has 0 spiro atoms. The number of pyridine rings is 1. The van der Waals surface area contributed by atoms with Crippen molar-refractivity contribution in [1.29, 1.82) is 0 Å². The van der Waals surface area contributed by atoms with Gasteiger partial charge >= 0.3 is 5.97 Å². The Morgan fingerprint density at radius 2 is 2.08 bits per heavy atom. The average molecular weight is 232 g/mol. The Balaban J connectivity index is 0.000000561. The lowest BCUT2D eigenvalue weighted by atomic mass is 10.4. The Labute approximate surface area is 79.6 Å². The third-order valence-electron chi connectivity index (χ3n) is 0.934. The van der Waals surface area contributed by atoms with Crippen molar-refractivity contribution < 1.29 is 9.90 Å². The average Bonchev–Trinajstić information content (AvgIpc) is 2.08. The highest BCUT2D eigenvalue weighted by atomic mass is 79.9. The van der Waals surface area contributed by atoms with Crippen molar-refractivity contribution in [3.63, 3.8) is 0 Å². The van der Waals surface area contributed by atoms with Gasteiger partial charge in [-0.05, 0) is 28.1 Å². The summed E-state index contributed by atoms with van der Waals surface area (Å²) in [5, 5.41) is 8.43. The van der Waals surface area contributed by atoms with Crippen LogP contribution in [0.5, 0.6) is 0 Å². The van der Waals surface area contributed by atoms with E-state index in [-0.39, 0.29) is 5.69 Å². The maximum Gasteiger partial charge on any atom is 0.354 e. The molecule has 0 amide bonds. The van der Waals surface area contributed by atoms with E-state index in [0.29, 0.717) is 4.60 Å². The molecule has 0 saturated heterocycles. The van der Waals surface area contributed by atoms with Crippen molar-refractivity contribution >= 4 is 21.9 Å². The van der Waals surface area contributed by atoms with Crippen LogP contribution in [-0.4, -0.2) is 16.1 Å². The second kappa shape index (κ2) is 5.71. The number of carbonyl (C=O) groups is 1. The van der Waals surface area contributed by atoms with Crippen LogP contribution in [0.1, 0.15) is 24.3 Å². The van der Waals surface area contributed by atoms with E-state index in [1.165, 1.54) is 6.07 Å². The monoisotopic (exact) mass is 231 g/mol. The smallest absolute Gasteiger partial charge is 0.354 e. The van der Waals surface area contributed by atoms with Gasteiger partial charge in [-0.3, -0.25) is 0 Å². The topological polar surface area (TPSA) is 50.2 Å². The maximum atomic E-state index is 10.3. The van der Waals surface area contributed by atoms with Crippen molar-refractivity contribution in [1.82, 2.24) is 4.98 Å². The minimum absolute atomic E-state index is 0.0503. The van der Waals surface area contributed by atoms with Crippen LogP contribution >= 0.6 is 15.9 Å². The third-order valence-corrected chi connectivity index (χ3v) is 1.38. The molecular weight excluding hydrogens is 222 g/mol. The van der Waals surface area contributed by atoms with Gasteiger partial charge in [-0.2, -0.15) is 0 Å². The first kappa shape index (κ1) is 11.1. The largest absolute Gasteiger partial charge is 0.477 e. The van der Waals surface area contributed by atoms with Crippen LogP contribution in [0.25, 0.3) is 0 Å². The molecule has 1 rings (SSSR count). The highest BCUT2D eigenvalue weighted by Crippen LogP contribution is 2.05. The zero-order chi connectivity index (χ0) is 9.56. The summed E-state index contributed by atoms with van der Waals surface area (Å²) in [5.74, 6) is -1.01. The summed E-state index contributed by atoms with van der Waals surface area (Å²) in [4.78, 5) is 14.0. The van der Waals surface area contributed by atoms with E-state index >= 15 is 0 Å². The van der Waals surface area contributed by atoms with E-state index in [4.69, 9.17) is 5.11 Å². The predicted octanol–water partition coefficient (Wildman–Crippen LogP) is 2.57. The third kappa shape index (κ3) is 3.48. The van der Waals surface area contributed by atoms with Gasteiger partial charge in [0, 0.05) is 0 Å². The number of carboxylic acids is 1. The summed E-state index contributed by atoms with van der Waals surface area (Å²) in [7, 11) is 0. The standard InChI is InChI=1S/C6H4BrNO2.C2H6/c7-5-3-1-2-4(8-5)6(9)10;1-2/h1-3H,(H,9,10);1-2H3. The Kier molecular flexibility index (Phi) is 5.28. The zero-order valence-electron chi connectivity index (χ0n) is 6.91. The molecular formula is C8H10BrNO2. The summed E-state index contributed by atoms with van der Waals surface area (Å²) in [5.41, 5.74) is 0.0503. The van der Waals surface area contributed by atoms with Gasteiger partial charge in [-0.25, -0.2) is 9.78 Å². The Morgan fingerprint density at radius 1 is 1.50 bits per heavy atom. The number of aromatic carboxylic acids is 1. The molecule has 4 heteroatoms. The number of rotatable bonds is 1. The normalized spacial score (nSPS) is 8.25. The lowest BCUT2D eigenvalue weighted by molar-refractivity contribution is 0.0690. The summed E-state index contributed by atoms with van der Waals surface area (Å²) >= 11 is 3.06. The molecule has 66 valence electrons. The highest BCUT2D eigenvalue weighted by Gasteiger charge is 2.02. The van der Waals surface area contributed by atoms with E-state index in [0.717, 1.165) is 0 Å². The first-order chi connectivity index (χ1) is 5.70. The second-order valence-electron chi connectivity index (χ2n) is 1.65. The van der Waals surface area contributed by atoms with Crippen molar-refractivity contribution in [3.8, 4) is 0 Å². The summed E-state index contributed by atoms with van der Waals surface area (Å²) in [6.45, 7) is 4.00. The molecule has 12 heavy (non-hydrogen) atoms. The molecule has 1 N–H and O–H groups in total. The van der Waals surface area contributed by atoms with Crippen molar-refractivity contribution in [2.75, 3.05) is 0 Å². The number of carboxylic acid groups (broad SMARTS) is 1. The van der Waals surface area contributed by atoms with Gasteiger partial charge in [0.15, 0.2) is 0 Å². The molecule has 0 aliphatic carbocycles. The molecule has 0 unspecified atom stereocenters. The van der Waals surface area contributed by atoms with E-state index < -0.39 is 5.97 Å². The molecule has 0 aliphatic heterocycles. The van der Waals surface area contributed by atoms with E-state index in [1.807, 2.05) is 13.8 Å². The maximum absolute atomic E-state index is 10.3. The van der Waals surface area contributed by atoms with Crippen LogP contribution in [0.3, 0.4) is 0 Å². The number of nitrogens with zero attached hydrogens (tertiary/aromatic N) is 1. The quantitative estimate of drug-likeness (QED) is 0.757. The lowest BCUT2D eigenvalue weighted by Crippen LogP contribution is -1.98. The number of halogens is 1. The van der Waals surface area contributed by atoms with E-state index in [2.05, 4.69) is 20.9 Å². The SMILES string of the molecule is CC.O=C(O)c1cccc(Br)n1. The van der Waals surface area contributed by atoms with Crippen LogP contribution in [0.2, 0.25) is 0 Å². The van der Waals surface area contributed by atoms with E-state index in [1.54, 1.807) is 12.1 Å². The molecule has 3 nitrogen and oxygen atoms in total. The molecule has 0 aromatic carbocycles. The first-order valence-electron chi connectivity index (χ1n) is 3.56. The van der Waals surface area contributed by atoms with Crippen LogP contribution in [0.15, 0.2) is 22.8 Å². The number of aromatic nitrogens is 1. The number of hydrogen-bond donors (Lipinski definition) is 1. The Hall–Kier alpha value is -0.900. The van der Waals surface area contributed by atoms with Crippen LogP contribution in [0, 0.1) is 0 Å². The lowest BCUT2D eigenvalue weighted by Gasteiger charge is -1.91. The fraction of sp³-hybridized carbons (Fsp3) is 0.250. The Bertz CT molecular complexity index is 263. The van der Waals surface area contributed by atoms with Gasteiger partial charge in [0.25, 0.3) is 0 Å². The van der Waals surface area contributed by atoms with Gasteiger partial charge in [-0.1, -0.05) is 19.9 Å². The summed E-state index contributed by atoms with van der Waals surface area (Å²) in [6, 6.07) is 4.74. The van der Waals surface area contributed by atoms with Crippen LogP contribution in [0.4, 0.5) is 0 Å². The highest BCUT2D eigenvalue weighted by molar-refractivity contribution is 9.10. The molecule has 1 aromatic rings. The Morgan fingerprint density at radius 3 is 2.42 bits per heavy atom. The number of hydrogen-bond acceptors (Lipinski definition) is 2. The fourth-order valence-electron chi connectivity index (χ4n) is 0.527. The van der Waals surface area contributed by atoms with Crippen LogP contribution < -0.4 is 0 Å². The molecule has 1 heterocycles. The summed E-state index contributed by atoms with van der Waals surface area (Å²) in [6.07, 6.45) is 0. The van der Waals surface area contributed by atoms with Crippen LogP contribution in [-0.2, 0) is 0 Å². The molecule has 0 bridgehead atoms. The summed E-state index contributed by atoms with van der Waals surface area (Å²) < 4.78 is 0.535. The molecule has 0 radical (unpaired) electrons. The molecule has 0 saturated carbocycles. The zero-order valence-corrected chi connectivity index (χ0v) is 8.50. The van der Waals surface area contributed by atoms with Crippen molar-refractivity contribution in [3.05, 3.63) is 28.5 Å². The van der Waals surface area contributed by atoms with Gasteiger partial charge in [0.2, 0.25) is 0 Å². The fourth-order valence-corrected chi connectivity index (χ4v) is 0.871. The van der Waals surface area contributed by atoms with E-state index in [9.17, 15) is 4.79 Å². The molecule has 0 aliphatic rings. The second-order valence-corrected chi connectivity index (χ2v) is 2.46. The van der Waals surface area contributed by atoms with Gasteiger partial charge in [-0.15, -0.1) is 0 Å². The molecule has 0 atom stereocenters. The molecule has 0 fully saturated rings. The van der Waals surface area contributed by atoms with Crippen molar-refractivity contribution in [2.45, 2.75) is 13.8 Å². The van der Waals surface area contributed by atoms with Gasteiger partial charge in [0.05, 0.1) is 0 Å². The van der Waals surface area contributed by atoms with Gasteiger partial charge in [0.1, 0.15) is 10.3 Å².